The van der Waals surface area contributed by atoms with Gasteiger partial charge in [-0.1, -0.05) is 13.8 Å². The minimum atomic E-state index is 0.225. The molecule has 2 nitrogen and oxygen atoms in total. The third-order valence-electron chi connectivity index (χ3n) is 2.70. The molecular weight excluding hydrogens is 150 g/mol. The average molecular weight is 169 g/mol. The monoisotopic (exact) mass is 169 g/mol. The molecule has 2 heteroatoms. The maximum Gasteiger partial charge on any atom is 0.225 e. The number of nitrogens with zero attached hydrogens (tertiary/aromatic N) is 1. The Labute approximate surface area is 74.9 Å². The molecule has 0 N–H and O–H groups in total. The molecule has 1 aliphatic heterocycles. The van der Waals surface area contributed by atoms with E-state index in [4.69, 9.17) is 0 Å². The van der Waals surface area contributed by atoms with Crippen LogP contribution in [-0.2, 0) is 4.79 Å². The van der Waals surface area contributed by atoms with Gasteiger partial charge >= 0.3 is 0 Å². The SMILES string of the molecule is CC[C@H](C)C(=O)N1CCCCC1. The number of hydrogen-bond donors (Lipinski definition) is 0. The summed E-state index contributed by atoms with van der Waals surface area (Å²) in [6, 6.07) is 0. The molecular formula is C10H19NO. The topological polar surface area (TPSA) is 20.3 Å². The third kappa shape index (κ3) is 2.23. The largest absolute Gasteiger partial charge is 0.342 e. The van der Waals surface area contributed by atoms with Gasteiger partial charge in [0.05, 0.1) is 0 Å². The molecule has 12 heavy (non-hydrogen) atoms. The summed E-state index contributed by atoms with van der Waals surface area (Å²) in [7, 11) is 0. The van der Waals surface area contributed by atoms with Crippen LogP contribution in [0.4, 0.5) is 0 Å². The highest BCUT2D eigenvalue weighted by Crippen LogP contribution is 2.13. The van der Waals surface area contributed by atoms with E-state index in [9.17, 15) is 4.79 Å². The normalized spacial score (nSPS) is 20.7. The first-order valence-electron chi connectivity index (χ1n) is 5.04. The van der Waals surface area contributed by atoms with E-state index in [-0.39, 0.29) is 5.92 Å². The van der Waals surface area contributed by atoms with Crippen molar-refractivity contribution in [3.05, 3.63) is 0 Å². The molecule has 0 aromatic rings. The van der Waals surface area contributed by atoms with E-state index in [1.807, 2.05) is 11.8 Å². The van der Waals surface area contributed by atoms with E-state index in [1.54, 1.807) is 0 Å². The highest BCUT2D eigenvalue weighted by Gasteiger charge is 2.20. The second kappa shape index (κ2) is 4.48. The zero-order valence-corrected chi connectivity index (χ0v) is 8.18. The maximum absolute atomic E-state index is 11.7. The quantitative estimate of drug-likeness (QED) is 0.619. The molecule has 0 aromatic heterocycles. The van der Waals surface area contributed by atoms with Crippen molar-refractivity contribution in [2.75, 3.05) is 13.1 Å². The summed E-state index contributed by atoms with van der Waals surface area (Å²) in [5.41, 5.74) is 0. The van der Waals surface area contributed by atoms with Crippen LogP contribution in [0, 0.1) is 5.92 Å². The summed E-state index contributed by atoms with van der Waals surface area (Å²) in [5.74, 6) is 0.584. The standard InChI is InChI=1S/C10H19NO/c1-3-9(2)10(12)11-7-5-4-6-8-11/h9H,3-8H2,1-2H3/t9-/m0/s1. The Morgan fingerprint density at radius 3 is 2.42 bits per heavy atom. The molecule has 0 unspecified atom stereocenters. The lowest BCUT2D eigenvalue weighted by Gasteiger charge is -2.28. The van der Waals surface area contributed by atoms with Crippen LogP contribution in [0.2, 0.25) is 0 Å². The number of likely N-dealkylation sites (tertiary alicyclic amines) is 1. The minimum absolute atomic E-state index is 0.225. The molecule has 0 aliphatic carbocycles. The van der Waals surface area contributed by atoms with E-state index in [0.29, 0.717) is 5.91 Å². The number of hydrogen-bond acceptors (Lipinski definition) is 1. The van der Waals surface area contributed by atoms with Crippen LogP contribution in [0.5, 0.6) is 0 Å². The summed E-state index contributed by atoms with van der Waals surface area (Å²) in [6.45, 7) is 6.08. The highest BCUT2D eigenvalue weighted by atomic mass is 16.2. The van der Waals surface area contributed by atoms with Gasteiger partial charge in [-0.3, -0.25) is 4.79 Å². The van der Waals surface area contributed by atoms with E-state index >= 15 is 0 Å². The Kier molecular flexibility index (Phi) is 3.57. The summed E-state index contributed by atoms with van der Waals surface area (Å²) < 4.78 is 0. The lowest BCUT2D eigenvalue weighted by atomic mass is 10.0. The fourth-order valence-corrected chi connectivity index (χ4v) is 1.60. The number of rotatable bonds is 2. The lowest BCUT2D eigenvalue weighted by Crippen LogP contribution is -2.38. The Morgan fingerprint density at radius 2 is 1.92 bits per heavy atom. The summed E-state index contributed by atoms with van der Waals surface area (Å²) in [4.78, 5) is 13.7. The smallest absolute Gasteiger partial charge is 0.225 e. The fourth-order valence-electron chi connectivity index (χ4n) is 1.60. The Morgan fingerprint density at radius 1 is 1.33 bits per heavy atom. The van der Waals surface area contributed by atoms with Gasteiger partial charge in [-0.2, -0.15) is 0 Å². The predicted molar refractivity (Wildman–Crippen MR) is 49.9 cm³/mol. The van der Waals surface area contributed by atoms with Gasteiger partial charge in [0.15, 0.2) is 0 Å². The van der Waals surface area contributed by atoms with Gasteiger partial charge in [-0.05, 0) is 25.7 Å². The van der Waals surface area contributed by atoms with Crippen LogP contribution in [-0.4, -0.2) is 23.9 Å². The molecule has 1 atom stereocenters. The molecule has 0 aromatic carbocycles. The molecule has 1 fully saturated rings. The van der Waals surface area contributed by atoms with Crippen molar-refractivity contribution in [2.24, 2.45) is 5.92 Å². The van der Waals surface area contributed by atoms with Gasteiger partial charge in [0.1, 0.15) is 0 Å². The molecule has 1 amide bonds. The first-order chi connectivity index (χ1) is 5.75. The van der Waals surface area contributed by atoms with E-state index in [0.717, 1.165) is 19.5 Å². The number of carbonyl (C=O) groups excluding carboxylic acids is 1. The average Bonchev–Trinajstić information content (AvgIpc) is 2.17. The Bertz CT molecular complexity index is 150. The molecule has 0 radical (unpaired) electrons. The zero-order chi connectivity index (χ0) is 8.97. The molecule has 1 heterocycles. The number of carbonyl (C=O) groups is 1. The van der Waals surface area contributed by atoms with E-state index in [2.05, 4.69) is 6.92 Å². The molecule has 0 spiro atoms. The van der Waals surface area contributed by atoms with Gasteiger partial charge in [-0.15, -0.1) is 0 Å². The van der Waals surface area contributed by atoms with Crippen molar-refractivity contribution in [3.8, 4) is 0 Å². The van der Waals surface area contributed by atoms with Crippen LogP contribution in [0.25, 0.3) is 0 Å². The van der Waals surface area contributed by atoms with Crippen LogP contribution in [0.3, 0.4) is 0 Å². The maximum atomic E-state index is 11.7. The first kappa shape index (κ1) is 9.56. The second-order valence-corrected chi connectivity index (χ2v) is 3.70. The van der Waals surface area contributed by atoms with Crippen molar-refractivity contribution in [1.29, 1.82) is 0 Å². The minimum Gasteiger partial charge on any atom is -0.342 e. The Balaban J connectivity index is 2.39. The van der Waals surface area contributed by atoms with Crippen molar-refractivity contribution >= 4 is 5.91 Å². The van der Waals surface area contributed by atoms with E-state index in [1.165, 1.54) is 19.3 Å². The zero-order valence-electron chi connectivity index (χ0n) is 8.18. The van der Waals surface area contributed by atoms with E-state index < -0.39 is 0 Å². The van der Waals surface area contributed by atoms with Crippen LogP contribution >= 0.6 is 0 Å². The fraction of sp³-hybridized carbons (Fsp3) is 0.900. The molecule has 0 bridgehead atoms. The van der Waals surface area contributed by atoms with Gasteiger partial charge in [0, 0.05) is 19.0 Å². The molecule has 70 valence electrons. The highest BCUT2D eigenvalue weighted by molar-refractivity contribution is 5.78. The molecule has 1 saturated heterocycles. The van der Waals surface area contributed by atoms with Crippen LogP contribution in [0.1, 0.15) is 39.5 Å². The second-order valence-electron chi connectivity index (χ2n) is 3.70. The van der Waals surface area contributed by atoms with Crippen LogP contribution < -0.4 is 0 Å². The summed E-state index contributed by atoms with van der Waals surface area (Å²) in [6.07, 6.45) is 4.66. The molecule has 1 rings (SSSR count). The predicted octanol–water partition coefficient (Wildman–Crippen LogP) is 2.04. The van der Waals surface area contributed by atoms with Crippen molar-refractivity contribution in [1.82, 2.24) is 4.90 Å². The Hall–Kier alpha value is -0.530. The van der Waals surface area contributed by atoms with Gasteiger partial charge in [0.2, 0.25) is 5.91 Å². The molecule has 0 saturated carbocycles. The summed E-state index contributed by atoms with van der Waals surface area (Å²) >= 11 is 0. The van der Waals surface area contributed by atoms with Crippen molar-refractivity contribution in [3.63, 3.8) is 0 Å². The summed E-state index contributed by atoms with van der Waals surface area (Å²) in [5, 5.41) is 0. The number of amides is 1. The van der Waals surface area contributed by atoms with Gasteiger partial charge in [0.25, 0.3) is 0 Å². The van der Waals surface area contributed by atoms with Crippen molar-refractivity contribution in [2.45, 2.75) is 39.5 Å². The van der Waals surface area contributed by atoms with Gasteiger partial charge in [-0.25, -0.2) is 0 Å². The van der Waals surface area contributed by atoms with Crippen molar-refractivity contribution < 1.29 is 4.79 Å². The van der Waals surface area contributed by atoms with Gasteiger partial charge < -0.3 is 4.90 Å². The first-order valence-corrected chi connectivity index (χ1v) is 5.04. The van der Waals surface area contributed by atoms with Crippen LogP contribution in [0.15, 0.2) is 0 Å². The third-order valence-corrected chi connectivity index (χ3v) is 2.70. The molecule has 1 aliphatic rings. The number of piperidine rings is 1. The lowest BCUT2D eigenvalue weighted by molar-refractivity contribution is -0.135.